The van der Waals surface area contributed by atoms with Crippen molar-refractivity contribution in [2.45, 2.75) is 44.6 Å². The van der Waals surface area contributed by atoms with Gasteiger partial charge in [-0.05, 0) is 32.4 Å². The molecule has 76 valence electrons. The summed E-state index contributed by atoms with van der Waals surface area (Å²) in [6.07, 6.45) is 8.55. The van der Waals surface area contributed by atoms with E-state index in [-0.39, 0.29) is 0 Å². The maximum atomic E-state index is 3.68. The summed E-state index contributed by atoms with van der Waals surface area (Å²) in [6.45, 7) is 5.26. The minimum Gasteiger partial charge on any atom is -0.314 e. The Kier molecular flexibility index (Phi) is 3.62. The van der Waals surface area contributed by atoms with Gasteiger partial charge in [0, 0.05) is 19.1 Å². The highest BCUT2D eigenvalue weighted by Crippen LogP contribution is 2.17. The van der Waals surface area contributed by atoms with E-state index in [1.165, 1.54) is 64.7 Å². The van der Waals surface area contributed by atoms with Gasteiger partial charge in [-0.3, -0.25) is 0 Å². The van der Waals surface area contributed by atoms with E-state index in [0.717, 1.165) is 6.04 Å². The monoisotopic (exact) mass is 182 g/mol. The highest BCUT2D eigenvalue weighted by atomic mass is 15.3. The molecular formula is C11H22N2. The van der Waals surface area contributed by atoms with Crippen LogP contribution in [0, 0.1) is 0 Å². The van der Waals surface area contributed by atoms with E-state index < -0.39 is 0 Å². The predicted octanol–water partition coefficient (Wildman–Crippen LogP) is 1.61. The van der Waals surface area contributed by atoms with Crippen molar-refractivity contribution in [3.63, 3.8) is 0 Å². The summed E-state index contributed by atoms with van der Waals surface area (Å²) in [6, 6.07) is 0.850. The zero-order valence-electron chi connectivity index (χ0n) is 8.60. The maximum Gasteiger partial charge on any atom is 0.0110 e. The summed E-state index contributed by atoms with van der Waals surface area (Å²) in [5, 5.41) is 3.68. The molecule has 0 bridgehead atoms. The summed E-state index contributed by atoms with van der Waals surface area (Å²) in [5.74, 6) is 0. The van der Waals surface area contributed by atoms with E-state index in [4.69, 9.17) is 0 Å². The van der Waals surface area contributed by atoms with Crippen LogP contribution in [0.15, 0.2) is 0 Å². The average molecular weight is 182 g/mol. The molecule has 0 aromatic heterocycles. The molecule has 0 amide bonds. The van der Waals surface area contributed by atoms with Gasteiger partial charge in [0.15, 0.2) is 0 Å². The van der Waals surface area contributed by atoms with E-state index in [1.807, 2.05) is 0 Å². The first-order valence-electron chi connectivity index (χ1n) is 5.91. The van der Waals surface area contributed by atoms with Gasteiger partial charge in [-0.2, -0.15) is 0 Å². The summed E-state index contributed by atoms with van der Waals surface area (Å²) < 4.78 is 0. The van der Waals surface area contributed by atoms with Gasteiger partial charge in [-0.15, -0.1) is 0 Å². The van der Waals surface area contributed by atoms with Crippen LogP contribution in [0.2, 0.25) is 0 Å². The van der Waals surface area contributed by atoms with Crippen molar-refractivity contribution >= 4 is 0 Å². The highest BCUT2D eigenvalue weighted by Gasteiger charge is 2.16. The molecule has 1 saturated carbocycles. The standard InChI is InChI=1S/C11H22N2/c1-2-5-11(6-3-1)12-7-4-8-13-9-10-13/h11-12H,1-10H2. The van der Waals surface area contributed by atoms with E-state index in [1.54, 1.807) is 0 Å². The zero-order valence-corrected chi connectivity index (χ0v) is 8.60. The van der Waals surface area contributed by atoms with Crippen LogP contribution in [0.1, 0.15) is 38.5 Å². The second-order valence-corrected chi connectivity index (χ2v) is 4.48. The van der Waals surface area contributed by atoms with Gasteiger partial charge >= 0.3 is 0 Å². The van der Waals surface area contributed by atoms with Crippen molar-refractivity contribution in [1.82, 2.24) is 10.2 Å². The molecule has 0 aromatic rings. The van der Waals surface area contributed by atoms with Gasteiger partial charge in [-0.1, -0.05) is 19.3 Å². The highest BCUT2D eigenvalue weighted by molar-refractivity contribution is 4.74. The molecule has 1 heterocycles. The Morgan fingerprint density at radius 1 is 1.08 bits per heavy atom. The molecule has 0 aromatic carbocycles. The van der Waals surface area contributed by atoms with Crippen LogP contribution < -0.4 is 5.32 Å². The molecule has 0 atom stereocenters. The van der Waals surface area contributed by atoms with Crippen LogP contribution in [0.3, 0.4) is 0 Å². The molecule has 0 unspecified atom stereocenters. The molecular weight excluding hydrogens is 160 g/mol. The van der Waals surface area contributed by atoms with Crippen molar-refractivity contribution < 1.29 is 0 Å². The number of hydrogen-bond acceptors (Lipinski definition) is 2. The predicted molar refractivity (Wildman–Crippen MR) is 55.9 cm³/mol. The van der Waals surface area contributed by atoms with Crippen molar-refractivity contribution in [2.24, 2.45) is 0 Å². The molecule has 1 aliphatic heterocycles. The number of hydrogen-bond donors (Lipinski definition) is 1. The molecule has 2 nitrogen and oxygen atoms in total. The Morgan fingerprint density at radius 3 is 2.54 bits per heavy atom. The first-order valence-corrected chi connectivity index (χ1v) is 5.91. The zero-order chi connectivity index (χ0) is 8.93. The number of nitrogens with one attached hydrogen (secondary N) is 1. The lowest BCUT2D eigenvalue weighted by Crippen LogP contribution is -2.32. The lowest BCUT2D eigenvalue weighted by atomic mass is 9.95. The fourth-order valence-electron chi connectivity index (χ4n) is 2.21. The fraction of sp³-hybridized carbons (Fsp3) is 1.00. The third-order valence-corrected chi connectivity index (χ3v) is 3.23. The fourth-order valence-corrected chi connectivity index (χ4v) is 2.21. The average Bonchev–Trinajstić information content (AvgIpc) is 2.98. The van der Waals surface area contributed by atoms with Gasteiger partial charge in [0.05, 0.1) is 0 Å². The van der Waals surface area contributed by atoms with Crippen LogP contribution in [-0.4, -0.2) is 37.1 Å². The Hall–Kier alpha value is -0.0800. The topological polar surface area (TPSA) is 15.0 Å². The van der Waals surface area contributed by atoms with Crippen molar-refractivity contribution in [3.05, 3.63) is 0 Å². The second-order valence-electron chi connectivity index (χ2n) is 4.48. The van der Waals surface area contributed by atoms with Gasteiger partial charge in [0.1, 0.15) is 0 Å². The summed E-state index contributed by atoms with van der Waals surface area (Å²) in [5.41, 5.74) is 0. The molecule has 1 saturated heterocycles. The Bertz CT molecular complexity index is 137. The largest absolute Gasteiger partial charge is 0.314 e. The van der Waals surface area contributed by atoms with E-state index >= 15 is 0 Å². The first-order chi connectivity index (χ1) is 6.45. The van der Waals surface area contributed by atoms with Crippen LogP contribution >= 0.6 is 0 Å². The van der Waals surface area contributed by atoms with E-state index in [9.17, 15) is 0 Å². The normalized spacial score (nSPS) is 24.9. The summed E-state index contributed by atoms with van der Waals surface area (Å²) >= 11 is 0. The van der Waals surface area contributed by atoms with E-state index in [0.29, 0.717) is 0 Å². The van der Waals surface area contributed by atoms with Crippen LogP contribution in [0.4, 0.5) is 0 Å². The van der Waals surface area contributed by atoms with Gasteiger partial charge < -0.3 is 10.2 Å². The SMILES string of the molecule is C1CCC(NCCCN2CC2)CC1. The molecule has 2 aliphatic rings. The molecule has 0 spiro atoms. The quantitative estimate of drug-likeness (QED) is 0.513. The molecule has 1 aliphatic carbocycles. The van der Waals surface area contributed by atoms with E-state index in [2.05, 4.69) is 10.2 Å². The van der Waals surface area contributed by atoms with Crippen LogP contribution in [0.25, 0.3) is 0 Å². The smallest absolute Gasteiger partial charge is 0.0110 e. The molecule has 13 heavy (non-hydrogen) atoms. The Balaban J connectivity index is 1.46. The van der Waals surface area contributed by atoms with Crippen molar-refractivity contribution in [2.75, 3.05) is 26.2 Å². The van der Waals surface area contributed by atoms with Gasteiger partial charge in [0.25, 0.3) is 0 Å². The Labute approximate surface area is 81.7 Å². The van der Waals surface area contributed by atoms with Gasteiger partial charge in [-0.25, -0.2) is 0 Å². The maximum absolute atomic E-state index is 3.68. The molecule has 2 heteroatoms. The minimum absolute atomic E-state index is 0.850. The lowest BCUT2D eigenvalue weighted by Gasteiger charge is -2.22. The van der Waals surface area contributed by atoms with Crippen molar-refractivity contribution in [3.8, 4) is 0 Å². The molecule has 0 radical (unpaired) electrons. The van der Waals surface area contributed by atoms with Crippen molar-refractivity contribution in [1.29, 1.82) is 0 Å². The Morgan fingerprint density at radius 2 is 1.85 bits per heavy atom. The molecule has 1 N–H and O–H groups in total. The van der Waals surface area contributed by atoms with Crippen LogP contribution in [-0.2, 0) is 0 Å². The molecule has 2 rings (SSSR count). The van der Waals surface area contributed by atoms with Crippen LogP contribution in [0.5, 0.6) is 0 Å². The number of rotatable bonds is 5. The first kappa shape index (κ1) is 9.47. The van der Waals surface area contributed by atoms with Gasteiger partial charge in [0.2, 0.25) is 0 Å². The second kappa shape index (κ2) is 4.97. The summed E-state index contributed by atoms with van der Waals surface area (Å²) in [4.78, 5) is 2.50. The number of nitrogens with zero attached hydrogens (tertiary/aromatic N) is 1. The third kappa shape index (κ3) is 3.65. The molecule has 2 fully saturated rings. The lowest BCUT2D eigenvalue weighted by molar-refractivity contribution is 0.366. The minimum atomic E-state index is 0.850. The third-order valence-electron chi connectivity index (χ3n) is 3.23. The summed E-state index contributed by atoms with van der Waals surface area (Å²) in [7, 11) is 0.